The highest BCUT2D eigenvalue weighted by Crippen LogP contribution is 2.51. The molecule has 1 fully saturated rings. The molecule has 5 atom stereocenters. The molecule has 36 heavy (non-hydrogen) atoms. The molecule has 196 valence electrons. The van der Waals surface area contributed by atoms with Crippen LogP contribution >= 0.6 is 0 Å². The molecule has 7 nitrogen and oxygen atoms in total. The molecule has 1 saturated heterocycles. The largest absolute Gasteiger partial charge is 0.632 e. The minimum Gasteiger partial charge on any atom is -0.632 e. The summed E-state index contributed by atoms with van der Waals surface area (Å²) >= 11 is 0. The second-order valence-corrected chi connectivity index (χ2v) is 10.6. The Morgan fingerprint density at radius 2 is 1.42 bits per heavy atom. The van der Waals surface area contributed by atoms with Crippen molar-refractivity contribution in [2.24, 2.45) is 11.8 Å². The Kier molecular flexibility index (Phi) is 7.07. The van der Waals surface area contributed by atoms with Crippen LogP contribution in [0.3, 0.4) is 0 Å². The molecule has 0 amide bonds. The van der Waals surface area contributed by atoms with Crippen LogP contribution in [0.5, 0.6) is 23.0 Å². The Hall–Kier alpha value is -2.48. The monoisotopic (exact) mass is 496 g/mol. The number of fused-ring (bicyclic) bond motifs is 4. The van der Waals surface area contributed by atoms with E-state index in [0.717, 1.165) is 61.5 Å². The van der Waals surface area contributed by atoms with Crippen LogP contribution in [0.15, 0.2) is 24.3 Å². The van der Waals surface area contributed by atoms with Gasteiger partial charge in [-0.2, -0.15) is 0 Å². The van der Waals surface area contributed by atoms with Crippen LogP contribution in [-0.2, 0) is 12.8 Å². The van der Waals surface area contributed by atoms with Gasteiger partial charge in [-0.15, -0.1) is 0 Å². The molecular formula is C29H40N2O5. The van der Waals surface area contributed by atoms with Crippen LogP contribution in [-0.4, -0.2) is 52.7 Å². The number of nitrogens with zero attached hydrogens (tertiary/aromatic N) is 1. The average Bonchev–Trinajstić information content (AvgIpc) is 2.91. The first-order valence-corrected chi connectivity index (χ1v) is 13.2. The number of hydrogen-bond donors (Lipinski definition) is 1. The number of benzene rings is 2. The van der Waals surface area contributed by atoms with Gasteiger partial charge in [0.15, 0.2) is 23.0 Å². The third kappa shape index (κ3) is 4.31. The summed E-state index contributed by atoms with van der Waals surface area (Å²) in [6.07, 6.45) is 4.71. The fraction of sp³-hybridized carbons (Fsp3) is 0.586. The normalized spacial score (nSPS) is 28.9. The summed E-state index contributed by atoms with van der Waals surface area (Å²) < 4.78 is 22.2. The standard InChI is InChI=1S/C29H40N2O5/c1-6-18-17-31(32)10-8-20-14-27(34-3)29(36-5)16-23(20)25(31)12-21(18)11-24-22-15-28(35-4)26(33-2)13-19(22)7-9-30-24/h13-16,18,21,24-25,30H,6-12,17H2,1-5H3/t18-,21+,24+,25+,31-/m1/s1. The first-order valence-electron chi connectivity index (χ1n) is 13.2. The molecule has 5 rings (SSSR count). The SMILES string of the molecule is CC[C@@H]1C[N@+]2([O-])CCc3cc(OC)c(OC)cc3[C@@H]2C[C@@H]1C[C@@H]1NCCc2cc(OC)c(OC)cc21. The molecule has 0 spiro atoms. The van der Waals surface area contributed by atoms with E-state index in [1.165, 1.54) is 16.7 Å². The maximum atomic E-state index is 14.2. The quantitative estimate of drug-likeness (QED) is 0.432. The summed E-state index contributed by atoms with van der Waals surface area (Å²) in [4.78, 5) is 0. The summed E-state index contributed by atoms with van der Waals surface area (Å²) in [5, 5.41) is 18.0. The summed E-state index contributed by atoms with van der Waals surface area (Å²) in [6, 6.07) is 8.61. The second-order valence-electron chi connectivity index (χ2n) is 10.6. The van der Waals surface area contributed by atoms with Crippen LogP contribution in [0.4, 0.5) is 0 Å². The van der Waals surface area contributed by atoms with Crippen molar-refractivity contribution in [1.29, 1.82) is 0 Å². The second kappa shape index (κ2) is 10.1. The minimum atomic E-state index is -0.114. The molecule has 7 heteroatoms. The molecular weight excluding hydrogens is 456 g/mol. The fourth-order valence-corrected chi connectivity index (χ4v) is 6.98. The number of quaternary nitrogens is 1. The topological polar surface area (TPSA) is 72.0 Å². The third-order valence-electron chi connectivity index (χ3n) is 8.94. The number of methoxy groups -OCH3 is 4. The van der Waals surface area contributed by atoms with Gasteiger partial charge < -0.3 is 34.1 Å². The van der Waals surface area contributed by atoms with E-state index >= 15 is 0 Å². The van der Waals surface area contributed by atoms with Crippen molar-refractivity contribution in [2.75, 3.05) is 48.1 Å². The van der Waals surface area contributed by atoms with E-state index < -0.39 is 0 Å². The number of nitrogens with one attached hydrogen (secondary N) is 1. The lowest BCUT2D eigenvalue weighted by Crippen LogP contribution is -2.57. The molecule has 0 bridgehead atoms. The van der Waals surface area contributed by atoms with Gasteiger partial charge in [0.25, 0.3) is 0 Å². The molecule has 0 saturated carbocycles. The molecule has 3 heterocycles. The molecule has 0 aromatic heterocycles. The lowest BCUT2D eigenvalue weighted by molar-refractivity contribution is -0.924. The van der Waals surface area contributed by atoms with Gasteiger partial charge in [-0.1, -0.05) is 6.92 Å². The third-order valence-corrected chi connectivity index (χ3v) is 8.94. The van der Waals surface area contributed by atoms with Crippen LogP contribution in [0.2, 0.25) is 0 Å². The zero-order valence-corrected chi connectivity index (χ0v) is 22.3. The Balaban J connectivity index is 1.46. The predicted octanol–water partition coefficient (Wildman–Crippen LogP) is 4.96. The average molecular weight is 497 g/mol. The highest BCUT2D eigenvalue weighted by molar-refractivity contribution is 5.50. The van der Waals surface area contributed by atoms with Crippen molar-refractivity contribution >= 4 is 0 Å². The van der Waals surface area contributed by atoms with Crippen molar-refractivity contribution < 1.29 is 23.6 Å². The van der Waals surface area contributed by atoms with Gasteiger partial charge in [0, 0.05) is 30.4 Å². The van der Waals surface area contributed by atoms with E-state index in [2.05, 4.69) is 36.5 Å². The Morgan fingerprint density at radius 1 is 0.833 bits per heavy atom. The van der Waals surface area contributed by atoms with Gasteiger partial charge >= 0.3 is 0 Å². The molecule has 0 aliphatic carbocycles. The molecule has 2 aromatic carbocycles. The maximum absolute atomic E-state index is 14.2. The first-order chi connectivity index (χ1) is 17.4. The van der Waals surface area contributed by atoms with E-state index in [-0.39, 0.29) is 16.7 Å². The number of rotatable bonds is 7. The van der Waals surface area contributed by atoms with Crippen LogP contribution < -0.4 is 24.3 Å². The molecule has 3 aliphatic heterocycles. The predicted molar refractivity (Wildman–Crippen MR) is 140 cm³/mol. The van der Waals surface area contributed by atoms with Crippen molar-refractivity contribution in [2.45, 2.75) is 51.1 Å². The van der Waals surface area contributed by atoms with E-state index in [0.29, 0.717) is 30.7 Å². The van der Waals surface area contributed by atoms with Crippen LogP contribution in [0, 0.1) is 17.0 Å². The molecule has 1 N–H and O–H groups in total. The number of piperidine rings is 1. The summed E-state index contributed by atoms with van der Waals surface area (Å²) in [5.41, 5.74) is 5.01. The zero-order valence-electron chi connectivity index (χ0n) is 22.3. The van der Waals surface area contributed by atoms with Crippen molar-refractivity contribution in [3.05, 3.63) is 51.7 Å². The van der Waals surface area contributed by atoms with Gasteiger partial charge in [-0.25, -0.2) is 0 Å². The van der Waals surface area contributed by atoms with Crippen LogP contribution in [0.25, 0.3) is 0 Å². The number of hydroxylamine groups is 3. The van der Waals surface area contributed by atoms with Gasteiger partial charge in [0.05, 0.1) is 41.5 Å². The Morgan fingerprint density at radius 3 is 2.03 bits per heavy atom. The molecule has 0 radical (unpaired) electrons. The first kappa shape index (κ1) is 25.2. The molecule has 3 aliphatic rings. The number of hydrogen-bond acceptors (Lipinski definition) is 6. The molecule has 0 unspecified atom stereocenters. The minimum absolute atomic E-state index is 0.0604. The lowest BCUT2D eigenvalue weighted by atomic mass is 9.72. The van der Waals surface area contributed by atoms with Gasteiger partial charge in [-0.3, -0.25) is 0 Å². The van der Waals surface area contributed by atoms with Gasteiger partial charge in [-0.05, 0) is 72.7 Å². The summed E-state index contributed by atoms with van der Waals surface area (Å²) in [7, 11) is 6.72. The van der Waals surface area contributed by atoms with E-state index in [1.54, 1.807) is 28.4 Å². The van der Waals surface area contributed by atoms with Crippen molar-refractivity contribution in [3.63, 3.8) is 0 Å². The highest BCUT2D eigenvalue weighted by atomic mass is 16.5. The molecule has 2 aromatic rings. The van der Waals surface area contributed by atoms with E-state index in [9.17, 15) is 5.21 Å². The van der Waals surface area contributed by atoms with Crippen LogP contribution in [0.1, 0.15) is 60.5 Å². The lowest BCUT2D eigenvalue weighted by Gasteiger charge is -2.58. The van der Waals surface area contributed by atoms with E-state index in [4.69, 9.17) is 18.9 Å². The number of ether oxygens (including phenoxy) is 4. The fourth-order valence-electron chi connectivity index (χ4n) is 6.98. The van der Waals surface area contributed by atoms with Gasteiger partial charge in [0.2, 0.25) is 0 Å². The summed E-state index contributed by atoms with van der Waals surface area (Å²) in [6.45, 7) is 4.51. The smallest absolute Gasteiger partial charge is 0.161 e. The van der Waals surface area contributed by atoms with Crippen molar-refractivity contribution in [3.8, 4) is 23.0 Å². The van der Waals surface area contributed by atoms with Gasteiger partial charge in [0.1, 0.15) is 6.04 Å². The van der Waals surface area contributed by atoms with E-state index in [1.807, 2.05) is 0 Å². The zero-order chi connectivity index (χ0) is 25.4. The Labute approximate surface area is 214 Å². The summed E-state index contributed by atoms with van der Waals surface area (Å²) in [5.74, 6) is 3.88. The maximum Gasteiger partial charge on any atom is 0.161 e. The highest BCUT2D eigenvalue weighted by Gasteiger charge is 2.46. The Bertz CT molecular complexity index is 1110. The van der Waals surface area contributed by atoms with Crippen molar-refractivity contribution in [1.82, 2.24) is 5.32 Å².